The number of halogens is 1. The van der Waals surface area contributed by atoms with Gasteiger partial charge in [0.25, 0.3) is 5.91 Å². The van der Waals surface area contributed by atoms with Crippen LogP contribution in [0.2, 0.25) is 5.02 Å². The van der Waals surface area contributed by atoms with Gasteiger partial charge in [-0.15, -0.1) is 0 Å². The van der Waals surface area contributed by atoms with Gasteiger partial charge in [-0.3, -0.25) is 4.79 Å². The largest absolute Gasteiger partial charge is 0.488 e. The number of nitrogens with zero attached hydrogens (tertiary/aromatic N) is 2. The van der Waals surface area contributed by atoms with Crippen molar-refractivity contribution in [1.29, 1.82) is 5.26 Å². The van der Waals surface area contributed by atoms with Crippen molar-refractivity contribution in [3.8, 4) is 11.8 Å². The average molecular weight is 480 g/mol. The van der Waals surface area contributed by atoms with Gasteiger partial charge in [0.15, 0.2) is 0 Å². The molecule has 4 aromatic rings. The van der Waals surface area contributed by atoms with E-state index >= 15 is 0 Å². The van der Waals surface area contributed by atoms with Crippen LogP contribution in [0.4, 0.5) is 10.5 Å². The van der Waals surface area contributed by atoms with Crippen molar-refractivity contribution in [3.05, 3.63) is 112 Å². The van der Waals surface area contributed by atoms with Gasteiger partial charge in [0.1, 0.15) is 18.1 Å². The van der Waals surface area contributed by atoms with E-state index in [4.69, 9.17) is 16.3 Å². The number of benzene rings is 4. The molecule has 1 heterocycles. The lowest BCUT2D eigenvalue weighted by Crippen LogP contribution is -2.30. The summed E-state index contributed by atoms with van der Waals surface area (Å²) in [6, 6.07) is 26.8. The number of imide groups is 1. The molecular formula is C28H18ClN3O3. The number of rotatable bonds is 5. The van der Waals surface area contributed by atoms with E-state index in [1.54, 1.807) is 42.5 Å². The van der Waals surface area contributed by atoms with Crippen LogP contribution in [-0.4, -0.2) is 11.9 Å². The Bertz CT molecular complexity index is 1540. The lowest BCUT2D eigenvalue weighted by atomic mass is 10.0. The maximum Gasteiger partial charge on any atom is 0.333 e. The number of ether oxygens (including phenoxy) is 1. The standard InChI is InChI=1S/C28H18ClN3O3/c29-21-10-12-22(13-11-21)32-27(33)25(31-28(32)34)15-24-23-8-4-3-5-18(23)9-14-26(24)35-17-20-7-2-1-6-19(20)16-30/h1-15H,17H2,(H,31,34). The van der Waals surface area contributed by atoms with Crippen LogP contribution in [-0.2, 0) is 11.4 Å². The van der Waals surface area contributed by atoms with Crippen molar-refractivity contribution >= 4 is 46.1 Å². The number of anilines is 1. The quantitative estimate of drug-likeness (QED) is 0.279. The third kappa shape index (κ3) is 4.33. The summed E-state index contributed by atoms with van der Waals surface area (Å²) in [5.41, 5.74) is 2.48. The Morgan fingerprint density at radius 2 is 1.69 bits per heavy atom. The van der Waals surface area contributed by atoms with Crippen molar-refractivity contribution in [2.75, 3.05) is 4.90 Å². The number of nitrogens with one attached hydrogen (secondary N) is 1. The fourth-order valence-electron chi connectivity index (χ4n) is 3.97. The maximum absolute atomic E-state index is 13.2. The molecule has 7 heteroatoms. The highest BCUT2D eigenvalue weighted by Crippen LogP contribution is 2.32. The van der Waals surface area contributed by atoms with E-state index in [1.807, 2.05) is 48.5 Å². The van der Waals surface area contributed by atoms with Gasteiger partial charge >= 0.3 is 6.03 Å². The summed E-state index contributed by atoms with van der Waals surface area (Å²) in [4.78, 5) is 26.9. The lowest BCUT2D eigenvalue weighted by molar-refractivity contribution is -0.113. The summed E-state index contributed by atoms with van der Waals surface area (Å²) in [5, 5.41) is 14.4. The molecule has 0 atom stereocenters. The molecule has 0 aromatic heterocycles. The molecule has 6 nitrogen and oxygen atoms in total. The zero-order chi connectivity index (χ0) is 24.4. The summed E-state index contributed by atoms with van der Waals surface area (Å²) in [7, 11) is 0. The number of carbonyl (C=O) groups excluding carboxylic acids is 2. The van der Waals surface area contributed by atoms with E-state index in [1.165, 1.54) is 0 Å². The highest BCUT2D eigenvalue weighted by atomic mass is 35.5. The number of urea groups is 1. The summed E-state index contributed by atoms with van der Waals surface area (Å²) in [5.74, 6) is 0.0435. The number of amides is 3. The van der Waals surface area contributed by atoms with Gasteiger partial charge in [-0.2, -0.15) is 5.26 Å². The normalized spacial score (nSPS) is 14.3. The second-order valence-corrected chi connectivity index (χ2v) is 8.30. The first kappa shape index (κ1) is 22.2. The molecule has 0 bridgehead atoms. The third-order valence-electron chi connectivity index (χ3n) is 5.70. The first-order valence-corrected chi connectivity index (χ1v) is 11.2. The summed E-state index contributed by atoms with van der Waals surface area (Å²) < 4.78 is 6.12. The minimum Gasteiger partial charge on any atom is -0.488 e. The monoisotopic (exact) mass is 479 g/mol. The van der Waals surface area contributed by atoms with Crippen LogP contribution >= 0.6 is 11.6 Å². The Morgan fingerprint density at radius 1 is 0.943 bits per heavy atom. The second kappa shape index (κ2) is 9.34. The van der Waals surface area contributed by atoms with Gasteiger partial charge < -0.3 is 10.1 Å². The Balaban J connectivity index is 1.54. The molecule has 170 valence electrons. The van der Waals surface area contributed by atoms with Crippen LogP contribution in [0.3, 0.4) is 0 Å². The smallest absolute Gasteiger partial charge is 0.333 e. The molecule has 1 N–H and O–H groups in total. The number of hydrogen-bond acceptors (Lipinski definition) is 4. The SMILES string of the molecule is N#Cc1ccccc1COc1ccc2ccccc2c1C=C1NC(=O)N(c2ccc(Cl)cc2)C1=O. The number of fused-ring (bicyclic) bond motifs is 1. The molecule has 0 saturated carbocycles. The highest BCUT2D eigenvalue weighted by Gasteiger charge is 2.35. The zero-order valence-electron chi connectivity index (χ0n) is 18.4. The molecule has 4 aromatic carbocycles. The molecule has 0 unspecified atom stereocenters. The molecule has 1 aliphatic heterocycles. The molecule has 0 spiro atoms. The second-order valence-electron chi connectivity index (χ2n) is 7.86. The van der Waals surface area contributed by atoms with E-state index in [9.17, 15) is 14.9 Å². The number of nitriles is 1. The van der Waals surface area contributed by atoms with E-state index in [2.05, 4.69) is 11.4 Å². The summed E-state index contributed by atoms with van der Waals surface area (Å²) in [6.45, 7) is 0.176. The molecule has 1 saturated heterocycles. The summed E-state index contributed by atoms with van der Waals surface area (Å²) >= 11 is 5.95. The summed E-state index contributed by atoms with van der Waals surface area (Å²) in [6.07, 6.45) is 1.63. The van der Waals surface area contributed by atoms with Crippen molar-refractivity contribution in [2.45, 2.75) is 6.61 Å². The maximum atomic E-state index is 13.2. The predicted octanol–water partition coefficient (Wildman–Crippen LogP) is 6.04. The van der Waals surface area contributed by atoms with Crippen LogP contribution in [0, 0.1) is 11.3 Å². The van der Waals surface area contributed by atoms with Gasteiger partial charge in [0.2, 0.25) is 0 Å². The highest BCUT2D eigenvalue weighted by molar-refractivity contribution is 6.31. The van der Waals surface area contributed by atoms with Crippen LogP contribution < -0.4 is 15.0 Å². The number of carbonyl (C=O) groups is 2. The molecule has 0 aliphatic carbocycles. The van der Waals surface area contributed by atoms with E-state index in [-0.39, 0.29) is 12.3 Å². The van der Waals surface area contributed by atoms with E-state index in [0.717, 1.165) is 21.2 Å². The predicted molar refractivity (Wildman–Crippen MR) is 135 cm³/mol. The Labute approximate surface area is 206 Å². The first-order chi connectivity index (χ1) is 17.0. The molecule has 0 radical (unpaired) electrons. The van der Waals surface area contributed by atoms with Gasteiger partial charge in [0.05, 0.1) is 17.3 Å². The minimum absolute atomic E-state index is 0.128. The van der Waals surface area contributed by atoms with Crippen molar-refractivity contribution in [2.24, 2.45) is 0 Å². The first-order valence-electron chi connectivity index (χ1n) is 10.8. The van der Waals surface area contributed by atoms with Gasteiger partial charge in [-0.05, 0) is 53.2 Å². The van der Waals surface area contributed by atoms with Crippen molar-refractivity contribution in [3.63, 3.8) is 0 Å². The number of hydrogen-bond donors (Lipinski definition) is 1. The average Bonchev–Trinajstić information content (AvgIpc) is 3.16. The Kier molecular flexibility index (Phi) is 5.92. The fraction of sp³-hybridized carbons (Fsp3) is 0.0357. The van der Waals surface area contributed by atoms with Crippen LogP contribution in [0.1, 0.15) is 16.7 Å². The lowest BCUT2D eigenvalue weighted by Gasteiger charge is -2.13. The van der Waals surface area contributed by atoms with Crippen LogP contribution in [0.15, 0.2) is 90.6 Å². The van der Waals surface area contributed by atoms with E-state index < -0.39 is 11.9 Å². The third-order valence-corrected chi connectivity index (χ3v) is 5.96. The molecule has 35 heavy (non-hydrogen) atoms. The van der Waals surface area contributed by atoms with Crippen LogP contribution in [0.25, 0.3) is 16.8 Å². The van der Waals surface area contributed by atoms with E-state index in [0.29, 0.717) is 27.6 Å². The van der Waals surface area contributed by atoms with Crippen molar-refractivity contribution < 1.29 is 14.3 Å². The molecular weight excluding hydrogens is 462 g/mol. The van der Waals surface area contributed by atoms with Gasteiger partial charge in [-0.1, -0.05) is 60.1 Å². The van der Waals surface area contributed by atoms with Gasteiger partial charge in [-0.25, -0.2) is 9.69 Å². The van der Waals surface area contributed by atoms with Gasteiger partial charge in [0, 0.05) is 16.1 Å². The minimum atomic E-state index is -0.547. The topological polar surface area (TPSA) is 82.4 Å². The molecule has 3 amide bonds. The molecule has 5 rings (SSSR count). The molecule has 1 aliphatic rings. The van der Waals surface area contributed by atoms with Crippen molar-refractivity contribution in [1.82, 2.24) is 5.32 Å². The zero-order valence-corrected chi connectivity index (χ0v) is 19.1. The fourth-order valence-corrected chi connectivity index (χ4v) is 4.09. The Morgan fingerprint density at radius 3 is 2.49 bits per heavy atom. The van der Waals surface area contributed by atoms with Crippen LogP contribution in [0.5, 0.6) is 5.75 Å². The Hall–Kier alpha value is -4.60. The molecule has 1 fully saturated rings.